The summed E-state index contributed by atoms with van der Waals surface area (Å²) in [6.45, 7) is 3.82. The van der Waals surface area contributed by atoms with Crippen LogP contribution in [0.1, 0.15) is 10.4 Å². The number of nitrogens with zero attached hydrogens (tertiary/aromatic N) is 3. The molecule has 1 N–H and O–H groups in total. The Hall–Kier alpha value is -2.24. The largest absolute Gasteiger partial charge is 0.395 e. The number of piperazine rings is 1. The van der Waals surface area contributed by atoms with Crippen molar-refractivity contribution in [3.05, 3.63) is 54.4 Å². The fraction of sp³-hybridized carbons (Fsp3) is 0.333. The number of amides is 1. The minimum atomic E-state index is 0.0268. The van der Waals surface area contributed by atoms with Gasteiger partial charge in [-0.05, 0) is 11.6 Å². The molecule has 0 unspecified atom stereocenters. The molecule has 1 aliphatic heterocycles. The van der Waals surface area contributed by atoms with E-state index in [2.05, 4.69) is 9.88 Å². The highest BCUT2D eigenvalue weighted by atomic mass is 16.3. The van der Waals surface area contributed by atoms with Crippen LogP contribution in [0.5, 0.6) is 0 Å². The Balaban J connectivity index is 1.71. The summed E-state index contributed by atoms with van der Waals surface area (Å²) in [6, 6.07) is 11.9. The molecule has 0 atom stereocenters. The summed E-state index contributed by atoms with van der Waals surface area (Å²) in [4.78, 5) is 20.9. The van der Waals surface area contributed by atoms with Crippen molar-refractivity contribution >= 4 is 5.91 Å². The maximum atomic E-state index is 12.7. The summed E-state index contributed by atoms with van der Waals surface area (Å²) in [5.41, 5.74) is 2.64. The number of rotatable bonds is 4. The number of aliphatic hydroxyl groups excluding tert-OH is 1. The van der Waals surface area contributed by atoms with Crippen molar-refractivity contribution in [1.82, 2.24) is 14.8 Å². The summed E-state index contributed by atoms with van der Waals surface area (Å²) in [7, 11) is 0. The quantitative estimate of drug-likeness (QED) is 0.930. The molecule has 3 rings (SSSR count). The SMILES string of the molecule is O=C(c1cncc(-c2ccccc2)c1)N1CCN(CCO)CC1. The normalized spacial score (nSPS) is 15.6. The van der Waals surface area contributed by atoms with E-state index in [1.165, 1.54) is 0 Å². The molecule has 2 heterocycles. The monoisotopic (exact) mass is 311 g/mol. The lowest BCUT2D eigenvalue weighted by atomic mass is 10.1. The van der Waals surface area contributed by atoms with Crippen LogP contribution in [-0.2, 0) is 0 Å². The van der Waals surface area contributed by atoms with Crippen LogP contribution < -0.4 is 0 Å². The summed E-state index contributed by atoms with van der Waals surface area (Å²) in [6.07, 6.45) is 3.42. The maximum Gasteiger partial charge on any atom is 0.255 e. The van der Waals surface area contributed by atoms with Crippen molar-refractivity contribution in [1.29, 1.82) is 0 Å². The molecule has 0 bridgehead atoms. The number of hydrogen-bond acceptors (Lipinski definition) is 4. The second-order valence-corrected chi connectivity index (χ2v) is 5.69. The molecule has 23 heavy (non-hydrogen) atoms. The number of carbonyl (C=O) groups is 1. The van der Waals surface area contributed by atoms with Gasteiger partial charge in [0.15, 0.2) is 0 Å². The topological polar surface area (TPSA) is 56.7 Å². The Bertz CT molecular complexity index is 652. The number of aromatic nitrogens is 1. The van der Waals surface area contributed by atoms with Gasteiger partial charge in [-0.2, -0.15) is 0 Å². The maximum absolute atomic E-state index is 12.7. The van der Waals surface area contributed by atoms with Crippen LogP contribution in [-0.4, -0.2) is 65.1 Å². The van der Waals surface area contributed by atoms with E-state index in [0.717, 1.165) is 24.2 Å². The third-order valence-electron chi connectivity index (χ3n) is 4.17. The highest BCUT2D eigenvalue weighted by Gasteiger charge is 2.22. The Labute approximate surface area is 136 Å². The van der Waals surface area contributed by atoms with Gasteiger partial charge in [-0.3, -0.25) is 14.7 Å². The minimum Gasteiger partial charge on any atom is -0.395 e. The molecule has 1 saturated heterocycles. The zero-order chi connectivity index (χ0) is 16.1. The molecular weight excluding hydrogens is 290 g/mol. The fourth-order valence-corrected chi connectivity index (χ4v) is 2.84. The van der Waals surface area contributed by atoms with Gasteiger partial charge in [0.2, 0.25) is 0 Å². The number of benzene rings is 1. The molecule has 1 fully saturated rings. The van der Waals surface area contributed by atoms with E-state index >= 15 is 0 Å². The van der Waals surface area contributed by atoms with Gasteiger partial charge in [0.05, 0.1) is 12.2 Å². The van der Waals surface area contributed by atoms with Gasteiger partial charge in [-0.25, -0.2) is 0 Å². The fourth-order valence-electron chi connectivity index (χ4n) is 2.84. The van der Waals surface area contributed by atoms with Gasteiger partial charge in [0.25, 0.3) is 5.91 Å². The third-order valence-corrected chi connectivity index (χ3v) is 4.17. The van der Waals surface area contributed by atoms with E-state index in [9.17, 15) is 4.79 Å². The van der Waals surface area contributed by atoms with Crippen molar-refractivity contribution in [2.75, 3.05) is 39.3 Å². The molecule has 120 valence electrons. The van der Waals surface area contributed by atoms with Gasteiger partial charge in [0, 0.05) is 50.7 Å². The zero-order valence-corrected chi connectivity index (χ0v) is 13.1. The first kappa shape index (κ1) is 15.6. The van der Waals surface area contributed by atoms with E-state index in [0.29, 0.717) is 25.2 Å². The van der Waals surface area contributed by atoms with E-state index in [4.69, 9.17) is 5.11 Å². The summed E-state index contributed by atoms with van der Waals surface area (Å²) in [5.74, 6) is 0.0268. The van der Waals surface area contributed by atoms with Crippen molar-refractivity contribution in [3.8, 4) is 11.1 Å². The smallest absolute Gasteiger partial charge is 0.255 e. The Morgan fingerprint density at radius 3 is 2.48 bits per heavy atom. The summed E-state index contributed by atoms with van der Waals surface area (Å²) < 4.78 is 0. The van der Waals surface area contributed by atoms with Gasteiger partial charge >= 0.3 is 0 Å². The van der Waals surface area contributed by atoms with Crippen molar-refractivity contribution in [3.63, 3.8) is 0 Å². The molecule has 1 aliphatic rings. The highest BCUT2D eigenvalue weighted by molar-refractivity contribution is 5.95. The number of pyridine rings is 1. The predicted molar refractivity (Wildman–Crippen MR) is 89.1 cm³/mol. The average molecular weight is 311 g/mol. The second kappa shape index (κ2) is 7.35. The molecule has 5 nitrogen and oxygen atoms in total. The van der Waals surface area contributed by atoms with Crippen LogP contribution >= 0.6 is 0 Å². The standard InChI is InChI=1S/C18H21N3O2/c22-11-10-20-6-8-21(9-7-20)18(23)17-12-16(13-19-14-17)15-4-2-1-3-5-15/h1-5,12-14,22H,6-11H2. The van der Waals surface area contributed by atoms with Gasteiger partial charge in [-0.1, -0.05) is 30.3 Å². The molecule has 0 spiro atoms. The molecule has 0 saturated carbocycles. The van der Waals surface area contributed by atoms with Crippen molar-refractivity contribution in [2.24, 2.45) is 0 Å². The molecule has 0 aliphatic carbocycles. The predicted octanol–water partition coefficient (Wildman–Crippen LogP) is 1.50. The highest BCUT2D eigenvalue weighted by Crippen LogP contribution is 2.19. The van der Waals surface area contributed by atoms with Gasteiger partial charge in [-0.15, -0.1) is 0 Å². The minimum absolute atomic E-state index is 0.0268. The lowest BCUT2D eigenvalue weighted by Gasteiger charge is -2.34. The molecule has 1 aromatic carbocycles. The second-order valence-electron chi connectivity index (χ2n) is 5.69. The van der Waals surface area contributed by atoms with Crippen molar-refractivity contribution in [2.45, 2.75) is 0 Å². The zero-order valence-electron chi connectivity index (χ0n) is 13.1. The molecule has 0 radical (unpaired) electrons. The average Bonchev–Trinajstić information content (AvgIpc) is 2.63. The van der Waals surface area contributed by atoms with Crippen LogP contribution in [0.2, 0.25) is 0 Å². The van der Waals surface area contributed by atoms with Crippen LogP contribution in [0.4, 0.5) is 0 Å². The van der Waals surface area contributed by atoms with Crippen LogP contribution in [0.15, 0.2) is 48.8 Å². The molecular formula is C18H21N3O2. The number of β-amino-alcohol motifs (C(OH)–C–C–N with tert-alkyl or cyclic N) is 1. The Morgan fingerprint density at radius 1 is 1.04 bits per heavy atom. The number of aliphatic hydroxyl groups is 1. The Morgan fingerprint density at radius 2 is 1.78 bits per heavy atom. The lowest BCUT2D eigenvalue weighted by Crippen LogP contribution is -2.49. The van der Waals surface area contributed by atoms with E-state index < -0.39 is 0 Å². The van der Waals surface area contributed by atoms with E-state index in [-0.39, 0.29) is 12.5 Å². The lowest BCUT2D eigenvalue weighted by molar-refractivity contribution is 0.0614. The van der Waals surface area contributed by atoms with E-state index in [1.54, 1.807) is 12.4 Å². The number of hydrogen-bond donors (Lipinski definition) is 1. The van der Waals surface area contributed by atoms with Crippen LogP contribution in [0, 0.1) is 0 Å². The molecule has 1 amide bonds. The third kappa shape index (κ3) is 3.75. The van der Waals surface area contributed by atoms with Crippen molar-refractivity contribution < 1.29 is 9.90 Å². The van der Waals surface area contributed by atoms with Crippen LogP contribution in [0.25, 0.3) is 11.1 Å². The first-order valence-corrected chi connectivity index (χ1v) is 7.91. The molecule has 1 aromatic heterocycles. The number of carbonyl (C=O) groups excluding carboxylic acids is 1. The molecule has 2 aromatic rings. The summed E-state index contributed by atoms with van der Waals surface area (Å²) >= 11 is 0. The first-order chi connectivity index (χ1) is 11.3. The Kier molecular flexibility index (Phi) is 5.00. The van der Waals surface area contributed by atoms with Gasteiger partial charge < -0.3 is 10.0 Å². The van der Waals surface area contributed by atoms with Gasteiger partial charge in [0.1, 0.15) is 0 Å². The first-order valence-electron chi connectivity index (χ1n) is 7.91. The van der Waals surface area contributed by atoms with Crippen LogP contribution in [0.3, 0.4) is 0 Å². The summed E-state index contributed by atoms with van der Waals surface area (Å²) in [5, 5.41) is 8.98. The van der Waals surface area contributed by atoms with E-state index in [1.807, 2.05) is 41.3 Å². The molecule has 5 heteroatoms.